The fourth-order valence-corrected chi connectivity index (χ4v) is 3.11. The number of hydrogen-bond acceptors (Lipinski definition) is 4. The maximum Gasteiger partial charge on any atom is 0.161 e. The molecule has 0 atom stereocenters. The van der Waals surface area contributed by atoms with Gasteiger partial charge in [0.1, 0.15) is 11.4 Å². The summed E-state index contributed by atoms with van der Waals surface area (Å²) in [4.78, 5) is 0. The summed E-state index contributed by atoms with van der Waals surface area (Å²) in [5, 5.41) is 3.48. The van der Waals surface area contributed by atoms with Crippen LogP contribution in [0, 0.1) is 0 Å². The first-order valence-corrected chi connectivity index (χ1v) is 8.23. The van der Waals surface area contributed by atoms with Gasteiger partial charge in [0.05, 0.1) is 14.2 Å². The molecule has 0 bridgehead atoms. The van der Waals surface area contributed by atoms with Gasteiger partial charge in [-0.1, -0.05) is 18.2 Å². The second kappa shape index (κ2) is 6.73. The number of benzene rings is 2. The van der Waals surface area contributed by atoms with Crippen molar-refractivity contribution in [1.82, 2.24) is 5.32 Å². The second-order valence-electron chi connectivity index (χ2n) is 6.77. The average Bonchev–Trinajstić information content (AvgIpc) is 2.87. The number of nitrogens with one attached hydrogen (secondary N) is 1. The lowest BCUT2D eigenvalue weighted by molar-refractivity contribution is 0.138. The molecular weight excluding hydrogens is 302 g/mol. The van der Waals surface area contributed by atoms with Crippen LogP contribution >= 0.6 is 0 Å². The van der Waals surface area contributed by atoms with E-state index in [-0.39, 0.29) is 5.60 Å². The minimum absolute atomic E-state index is 0.0893. The molecule has 0 aliphatic carbocycles. The zero-order valence-electron chi connectivity index (χ0n) is 14.8. The van der Waals surface area contributed by atoms with E-state index in [0.717, 1.165) is 36.8 Å². The van der Waals surface area contributed by atoms with Gasteiger partial charge in [-0.15, -0.1) is 0 Å². The first-order valence-electron chi connectivity index (χ1n) is 8.23. The Morgan fingerprint density at radius 3 is 2.33 bits per heavy atom. The Morgan fingerprint density at radius 2 is 1.62 bits per heavy atom. The summed E-state index contributed by atoms with van der Waals surface area (Å²) in [5.74, 6) is 2.53. The number of ether oxygens (including phenoxy) is 3. The van der Waals surface area contributed by atoms with Crippen LogP contribution in [0.25, 0.3) is 0 Å². The molecular formula is C20H25NO3. The number of rotatable bonds is 6. The molecule has 4 nitrogen and oxygen atoms in total. The molecule has 0 spiro atoms. The molecule has 2 aromatic carbocycles. The highest BCUT2D eigenvalue weighted by molar-refractivity contribution is 5.43. The van der Waals surface area contributed by atoms with Gasteiger partial charge < -0.3 is 19.5 Å². The van der Waals surface area contributed by atoms with Crippen LogP contribution in [-0.2, 0) is 19.5 Å². The van der Waals surface area contributed by atoms with E-state index in [0.29, 0.717) is 0 Å². The van der Waals surface area contributed by atoms with E-state index >= 15 is 0 Å². The van der Waals surface area contributed by atoms with Crippen LogP contribution < -0.4 is 19.5 Å². The minimum atomic E-state index is -0.0893. The molecule has 24 heavy (non-hydrogen) atoms. The number of methoxy groups -OCH3 is 2. The van der Waals surface area contributed by atoms with Crippen molar-refractivity contribution in [2.45, 2.75) is 39.0 Å². The van der Waals surface area contributed by atoms with Crippen LogP contribution in [0.2, 0.25) is 0 Å². The molecule has 128 valence electrons. The van der Waals surface area contributed by atoms with Crippen LogP contribution in [0.3, 0.4) is 0 Å². The summed E-state index contributed by atoms with van der Waals surface area (Å²) >= 11 is 0. The minimum Gasteiger partial charge on any atom is -0.493 e. The Labute approximate surface area is 143 Å². The normalized spacial score (nSPS) is 14.8. The van der Waals surface area contributed by atoms with Gasteiger partial charge in [-0.2, -0.15) is 0 Å². The van der Waals surface area contributed by atoms with E-state index in [1.807, 2.05) is 18.2 Å². The highest BCUT2D eigenvalue weighted by Crippen LogP contribution is 2.35. The van der Waals surface area contributed by atoms with Crippen molar-refractivity contribution >= 4 is 0 Å². The van der Waals surface area contributed by atoms with Crippen LogP contribution in [0.15, 0.2) is 36.4 Å². The lowest BCUT2D eigenvalue weighted by Gasteiger charge is -2.16. The monoisotopic (exact) mass is 327 g/mol. The molecule has 3 rings (SSSR count). The van der Waals surface area contributed by atoms with Gasteiger partial charge in [-0.05, 0) is 48.7 Å². The van der Waals surface area contributed by atoms with E-state index in [4.69, 9.17) is 14.2 Å². The highest BCUT2D eigenvalue weighted by atomic mass is 16.5. The lowest BCUT2D eigenvalue weighted by atomic mass is 10.0. The summed E-state index contributed by atoms with van der Waals surface area (Å²) in [7, 11) is 3.30. The molecule has 0 saturated heterocycles. The zero-order chi connectivity index (χ0) is 17.2. The van der Waals surface area contributed by atoms with Gasteiger partial charge in [0.15, 0.2) is 11.5 Å². The molecule has 0 unspecified atom stereocenters. The lowest BCUT2D eigenvalue weighted by Crippen LogP contribution is -2.24. The number of hydrogen-bond donors (Lipinski definition) is 1. The maximum atomic E-state index is 5.92. The van der Waals surface area contributed by atoms with Crippen molar-refractivity contribution in [2.24, 2.45) is 0 Å². The van der Waals surface area contributed by atoms with Crippen LogP contribution in [0.1, 0.15) is 30.5 Å². The van der Waals surface area contributed by atoms with Gasteiger partial charge in [0.25, 0.3) is 0 Å². The molecule has 2 aromatic rings. The quantitative estimate of drug-likeness (QED) is 0.878. The van der Waals surface area contributed by atoms with E-state index in [2.05, 4.69) is 37.4 Å². The highest BCUT2D eigenvalue weighted by Gasteiger charge is 2.29. The fraction of sp³-hybridized carbons (Fsp3) is 0.400. The molecule has 1 heterocycles. The first-order chi connectivity index (χ1) is 11.5. The Hall–Kier alpha value is -2.20. The maximum absolute atomic E-state index is 5.92. The Kier molecular flexibility index (Phi) is 4.67. The summed E-state index contributed by atoms with van der Waals surface area (Å²) in [5.41, 5.74) is 3.65. The average molecular weight is 327 g/mol. The molecule has 0 radical (unpaired) electrons. The number of fused-ring (bicyclic) bond motifs is 1. The van der Waals surface area contributed by atoms with Crippen LogP contribution in [0.4, 0.5) is 0 Å². The SMILES string of the molecule is COc1ccc(CNCc2ccc3c(c2)CC(C)(C)O3)cc1OC. The summed E-state index contributed by atoms with van der Waals surface area (Å²) in [6, 6.07) is 12.4. The van der Waals surface area contributed by atoms with Crippen molar-refractivity contribution in [2.75, 3.05) is 14.2 Å². The van der Waals surface area contributed by atoms with Crippen molar-refractivity contribution in [3.8, 4) is 17.2 Å². The van der Waals surface area contributed by atoms with E-state index < -0.39 is 0 Å². The molecule has 1 N–H and O–H groups in total. The second-order valence-corrected chi connectivity index (χ2v) is 6.77. The zero-order valence-corrected chi connectivity index (χ0v) is 14.8. The molecule has 0 fully saturated rings. The third-order valence-corrected chi connectivity index (χ3v) is 4.23. The summed E-state index contributed by atoms with van der Waals surface area (Å²) in [6.45, 7) is 5.85. The van der Waals surface area contributed by atoms with Crippen LogP contribution in [-0.4, -0.2) is 19.8 Å². The molecule has 0 aromatic heterocycles. The van der Waals surface area contributed by atoms with E-state index in [9.17, 15) is 0 Å². The predicted octanol–water partition coefficient (Wildman–Crippen LogP) is 3.71. The molecule has 0 saturated carbocycles. The predicted molar refractivity (Wildman–Crippen MR) is 94.9 cm³/mol. The Bertz CT molecular complexity index is 725. The molecule has 1 aliphatic heterocycles. The van der Waals surface area contributed by atoms with Gasteiger partial charge in [0, 0.05) is 19.5 Å². The summed E-state index contributed by atoms with van der Waals surface area (Å²) in [6.07, 6.45) is 0.964. The van der Waals surface area contributed by atoms with Gasteiger partial charge >= 0.3 is 0 Å². The smallest absolute Gasteiger partial charge is 0.161 e. The van der Waals surface area contributed by atoms with Gasteiger partial charge in [0.2, 0.25) is 0 Å². The van der Waals surface area contributed by atoms with E-state index in [1.54, 1.807) is 14.2 Å². The van der Waals surface area contributed by atoms with Crippen molar-refractivity contribution in [3.05, 3.63) is 53.1 Å². The Balaban J connectivity index is 1.60. The first kappa shape index (κ1) is 16.7. The summed E-state index contributed by atoms with van der Waals surface area (Å²) < 4.78 is 16.5. The molecule has 1 aliphatic rings. The third-order valence-electron chi connectivity index (χ3n) is 4.23. The van der Waals surface area contributed by atoms with Crippen molar-refractivity contribution in [3.63, 3.8) is 0 Å². The van der Waals surface area contributed by atoms with Gasteiger partial charge in [-0.25, -0.2) is 0 Å². The largest absolute Gasteiger partial charge is 0.493 e. The van der Waals surface area contributed by atoms with Gasteiger partial charge in [-0.3, -0.25) is 0 Å². The van der Waals surface area contributed by atoms with Crippen LogP contribution in [0.5, 0.6) is 17.2 Å². The molecule has 4 heteroatoms. The standard InChI is InChI=1S/C20H25NO3/c1-20(2)11-16-9-14(5-7-17(16)24-20)12-21-13-15-6-8-18(22-3)19(10-15)23-4/h5-10,21H,11-13H2,1-4H3. The Morgan fingerprint density at radius 1 is 0.958 bits per heavy atom. The van der Waals surface area contributed by atoms with Crippen molar-refractivity contribution < 1.29 is 14.2 Å². The third kappa shape index (κ3) is 3.65. The topological polar surface area (TPSA) is 39.7 Å². The van der Waals surface area contributed by atoms with E-state index in [1.165, 1.54) is 16.7 Å². The van der Waals surface area contributed by atoms with Crippen molar-refractivity contribution in [1.29, 1.82) is 0 Å². The molecule has 0 amide bonds. The fourth-order valence-electron chi connectivity index (χ4n) is 3.11.